The molecule has 0 radical (unpaired) electrons. The number of hydrogen-bond acceptors (Lipinski definition) is 6. The number of ketones is 1. The van der Waals surface area contributed by atoms with E-state index in [0.29, 0.717) is 44.2 Å². The van der Waals surface area contributed by atoms with E-state index in [1.807, 2.05) is 17.5 Å². The van der Waals surface area contributed by atoms with Gasteiger partial charge in [-0.1, -0.05) is 6.07 Å². The summed E-state index contributed by atoms with van der Waals surface area (Å²) in [4.78, 5) is 29.4. The first-order valence-corrected chi connectivity index (χ1v) is 8.62. The summed E-state index contributed by atoms with van der Waals surface area (Å²) in [5.41, 5.74) is 0.475. The van der Waals surface area contributed by atoms with Gasteiger partial charge < -0.3 is 9.64 Å². The highest BCUT2D eigenvalue weighted by Crippen LogP contribution is 2.18. The van der Waals surface area contributed by atoms with Crippen LogP contribution in [0.3, 0.4) is 0 Å². The van der Waals surface area contributed by atoms with Crippen LogP contribution in [0.5, 0.6) is 5.88 Å². The normalized spacial score (nSPS) is 15.5. The fourth-order valence-corrected chi connectivity index (χ4v) is 3.42. The van der Waals surface area contributed by atoms with Crippen LogP contribution < -0.4 is 4.74 Å². The molecule has 0 atom stereocenters. The number of Topliss-reactive ketones (excluding diaryl/α,β-unsaturated/α-hetero) is 1. The minimum absolute atomic E-state index is 0.0795. The van der Waals surface area contributed by atoms with Crippen molar-refractivity contribution in [1.29, 1.82) is 0 Å². The summed E-state index contributed by atoms with van der Waals surface area (Å²) in [7, 11) is 3.26. The zero-order chi connectivity index (χ0) is 17.1. The second kappa shape index (κ2) is 7.14. The van der Waals surface area contributed by atoms with E-state index in [0.717, 1.165) is 4.88 Å². The van der Waals surface area contributed by atoms with Crippen molar-refractivity contribution in [2.75, 3.05) is 39.8 Å². The van der Waals surface area contributed by atoms with Crippen molar-refractivity contribution < 1.29 is 14.3 Å². The summed E-state index contributed by atoms with van der Waals surface area (Å²) in [5, 5.41) is 6.03. The predicted octanol–water partition coefficient (Wildman–Crippen LogP) is 1.13. The van der Waals surface area contributed by atoms with Crippen molar-refractivity contribution in [3.8, 4) is 5.88 Å². The van der Waals surface area contributed by atoms with Gasteiger partial charge in [-0.05, 0) is 11.4 Å². The second-order valence-corrected chi connectivity index (χ2v) is 6.64. The van der Waals surface area contributed by atoms with Crippen LogP contribution in [0.15, 0.2) is 23.7 Å². The summed E-state index contributed by atoms with van der Waals surface area (Å²) < 4.78 is 6.73. The Labute approximate surface area is 144 Å². The molecule has 0 spiro atoms. The number of aryl methyl sites for hydroxylation is 1. The molecule has 24 heavy (non-hydrogen) atoms. The lowest BCUT2D eigenvalue weighted by Gasteiger charge is -2.34. The van der Waals surface area contributed by atoms with E-state index in [1.165, 1.54) is 18.4 Å². The van der Waals surface area contributed by atoms with Gasteiger partial charge in [-0.3, -0.25) is 19.2 Å². The van der Waals surface area contributed by atoms with Crippen molar-refractivity contribution in [3.05, 3.63) is 34.2 Å². The smallest absolute Gasteiger partial charge is 0.261 e. The fourth-order valence-electron chi connectivity index (χ4n) is 2.76. The third kappa shape index (κ3) is 3.49. The number of methoxy groups -OCH3 is 1. The fraction of sp³-hybridized carbons (Fsp3) is 0.438. The van der Waals surface area contributed by atoms with E-state index in [4.69, 9.17) is 4.74 Å². The van der Waals surface area contributed by atoms with Crippen LogP contribution >= 0.6 is 11.3 Å². The molecule has 3 heterocycles. The second-order valence-electron chi connectivity index (χ2n) is 5.69. The predicted molar refractivity (Wildman–Crippen MR) is 90.8 cm³/mol. The maximum atomic E-state index is 12.6. The molecule has 0 aliphatic carbocycles. The van der Waals surface area contributed by atoms with Crippen molar-refractivity contribution in [1.82, 2.24) is 19.6 Å². The van der Waals surface area contributed by atoms with Crippen molar-refractivity contribution in [2.24, 2.45) is 7.05 Å². The van der Waals surface area contributed by atoms with Gasteiger partial charge in [0.2, 0.25) is 5.88 Å². The molecule has 0 unspecified atom stereocenters. The van der Waals surface area contributed by atoms with E-state index in [1.54, 1.807) is 22.8 Å². The van der Waals surface area contributed by atoms with E-state index in [-0.39, 0.29) is 11.7 Å². The molecule has 128 valence electrons. The van der Waals surface area contributed by atoms with Crippen LogP contribution in [-0.4, -0.2) is 71.1 Å². The summed E-state index contributed by atoms with van der Waals surface area (Å²) in [6.45, 7) is 2.96. The minimum Gasteiger partial charge on any atom is -0.479 e. The highest BCUT2D eigenvalue weighted by atomic mass is 32.1. The number of aromatic nitrogens is 2. The zero-order valence-electron chi connectivity index (χ0n) is 13.8. The Hall–Kier alpha value is -2.19. The van der Waals surface area contributed by atoms with Gasteiger partial charge in [0.1, 0.15) is 5.56 Å². The number of carbonyl (C=O) groups is 2. The summed E-state index contributed by atoms with van der Waals surface area (Å²) in [5.74, 6) is 0.403. The Morgan fingerprint density at radius 2 is 2.04 bits per heavy atom. The number of hydrogen-bond donors (Lipinski definition) is 0. The Bertz CT molecular complexity index is 718. The molecule has 0 bridgehead atoms. The molecule has 1 aliphatic rings. The van der Waals surface area contributed by atoms with Gasteiger partial charge >= 0.3 is 0 Å². The van der Waals surface area contributed by atoms with Crippen LogP contribution in [0, 0.1) is 0 Å². The van der Waals surface area contributed by atoms with Gasteiger partial charge in [0.15, 0.2) is 5.78 Å². The van der Waals surface area contributed by atoms with Gasteiger partial charge in [-0.15, -0.1) is 16.4 Å². The molecular formula is C16H20N4O3S. The average Bonchev–Trinajstić information content (AvgIpc) is 3.24. The third-order valence-electron chi connectivity index (χ3n) is 4.04. The van der Waals surface area contributed by atoms with E-state index in [9.17, 15) is 9.59 Å². The molecule has 2 aromatic rings. The maximum absolute atomic E-state index is 12.6. The summed E-state index contributed by atoms with van der Waals surface area (Å²) >= 11 is 1.46. The number of rotatable bonds is 5. The van der Waals surface area contributed by atoms with Crippen molar-refractivity contribution in [3.63, 3.8) is 0 Å². The zero-order valence-corrected chi connectivity index (χ0v) is 14.6. The molecule has 2 aromatic heterocycles. The number of nitrogens with zero attached hydrogens (tertiary/aromatic N) is 4. The van der Waals surface area contributed by atoms with Crippen LogP contribution in [0.2, 0.25) is 0 Å². The van der Waals surface area contributed by atoms with Gasteiger partial charge in [0, 0.05) is 39.4 Å². The van der Waals surface area contributed by atoms with Gasteiger partial charge in [0.25, 0.3) is 5.91 Å². The van der Waals surface area contributed by atoms with Crippen molar-refractivity contribution in [2.45, 2.75) is 0 Å². The summed E-state index contributed by atoms with van der Waals surface area (Å²) in [6, 6.07) is 3.73. The third-order valence-corrected chi connectivity index (χ3v) is 4.95. The number of carbonyl (C=O) groups excluding carboxylic acids is 2. The van der Waals surface area contributed by atoms with Gasteiger partial charge in [0.05, 0.1) is 18.5 Å². The average molecular weight is 348 g/mol. The minimum atomic E-state index is -0.0795. The molecule has 1 saturated heterocycles. The molecule has 1 aliphatic heterocycles. The Morgan fingerprint density at radius 3 is 2.67 bits per heavy atom. The molecule has 0 aromatic carbocycles. The molecule has 0 saturated carbocycles. The van der Waals surface area contributed by atoms with Crippen LogP contribution in [-0.2, 0) is 7.05 Å². The Kier molecular flexibility index (Phi) is 4.96. The molecule has 7 nitrogen and oxygen atoms in total. The number of amides is 1. The standard InChI is InChI=1S/C16H20N4O3S/c1-18-10-12(15(17-18)23-2)16(22)20-7-5-19(6-8-20)11-13(21)14-4-3-9-24-14/h3-4,9-10H,5-8,11H2,1-2H3. The largest absolute Gasteiger partial charge is 0.479 e. The van der Waals surface area contributed by atoms with Crippen LogP contribution in [0.4, 0.5) is 0 Å². The van der Waals surface area contributed by atoms with Crippen LogP contribution in [0.25, 0.3) is 0 Å². The quantitative estimate of drug-likeness (QED) is 0.758. The molecule has 8 heteroatoms. The first kappa shape index (κ1) is 16.7. The van der Waals surface area contributed by atoms with E-state index >= 15 is 0 Å². The maximum Gasteiger partial charge on any atom is 0.261 e. The topological polar surface area (TPSA) is 67.7 Å². The molecule has 3 rings (SSSR count). The van der Waals surface area contributed by atoms with Crippen molar-refractivity contribution >= 4 is 23.0 Å². The highest BCUT2D eigenvalue weighted by Gasteiger charge is 2.27. The highest BCUT2D eigenvalue weighted by molar-refractivity contribution is 7.12. The van der Waals surface area contributed by atoms with Gasteiger partial charge in [-0.25, -0.2) is 0 Å². The number of ether oxygens (including phenoxy) is 1. The lowest BCUT2D eigenvalue weighted by molar-refractivity contribution is 0.0622. The first-order valence-electron chi connectivity index (χ1n) is 7.74. The monoisotopic (exact) mass is 348 g/mol. The number of piperazine rings is 1. The van der Waals surface area contributed by atoms with E-state index < -0.39 is 0 Å². The molecule has 1 amide bonds. The molecular weight excluding hydrogens is 328 g/mol. The number of thiophene rings is 1. The SMILES string of the molecule is COc1nn(C)cc1C(=O)N1CCN(CC(=O)c2cccs2)CC1. The van der Waals surface area contributed by atoms with Crippen LogP contribution in [0.1, 0.15) is 20.0 Å². The molecule has 0 N–H and O–H groups in total. The Morgan fingerprint density at radius 1 is 1.29 bits per heavy atom. The van der Waals surface area contributed by atoms with E-state index in [2.05, 4.69) is 10.00 Å². The van der Waals surface area contributed by atoms with Gasteiger partial charge in [-0.2, -0.15) is 0 Å². The summed E-state index contributed by atoms with van der Waals surface area (Å²) in [6.07, 6.45) is 1.67. The molecule has 1 fully saturated rings. The first-order chi connectivity index (χ1) is 11.6. The Balaban J connectivity index is 1.56. The lowest BCUT2D eigenvalue weighted by Crippen LogP contribution is -2.49. The lowest BCUT2D eigenvalue weighted by atomic mass is 10.2.